The minimum absolute atomic E-state index is 0.653. The molecule has 1 aliphatic carbocycles. The molecular weight excluding hydrogens is 751 g/mol. The van der Waals surface area contributed by atoms with Crippen LogP contribution < -0.4 is 9.64 Å². The molecule has 11 aromatic rings. The third kappa shape index (κ3) is 4.81. The molecule has 0 unspecified atom stereocenters. The zero-order valence-electron chi connectivity index (χ0n) is 34.1. The van der Waals surface area contributed by atoms with Gasteiger partial charge in [-0.1, -0.05) is 164 Å². The molecular formula is C60H39NO. The lowest BCUT2D eigenvalue weighted by Crippen LogP contribution is -2.36. The first-order valence-corrected chi connectivity index (χ1v) is 21.4. The van der Waals surface area contributed by atoms with Crippen molar-refractivity contribution in [3.05, 3.63) is 241 Å². The Morgan fingerprint density at radius 2 is 0.774 bits per heavy atom. The molecule has 62 heavy (non-hydrogen) atoms. The number of hydrogen-bond acceptors (Lipinski definition) is 2. The molecule has 0 fully saturated rings. The molecule has 1 aliphatic heterocycles. The number of para-hydroxylation sites is 2. The number of hydrogen-bond donors (Lipinski definition) is 0. The Balaban J connectivity index is 1.16. The first kappa shape index (κ1) is 34.9. The van der Waals surface area contributed by atoms with Gasteiger partial charge >= 0.3 is 0 Å². The normalized spacial score (nSPS) is 13.3. The Hall–Kier alpha value is -7.94. The summed E-state index contributed by atoms with van der Waals surface area (Å²) in [4.78, 5) is 2.43. The van der Waals surface area contributed by atoms with Crippen molar-refractivity contribution in [3.63, 3.8) is 0 Å². The fourth-order valence-electron chi connectivity index (χ4n) is 11.1. The van der Waals surface area contributed by atoms with Crippen molar-refractivity contribution in [1.82, 2.24) is 0 Å². The minimum atomic E-state index is -0.653. The maximum Gasteiger partial charge on any atom is 0.120 e. The van der Waals surface area contributed by atoms with Gasteiger partial charge in [0.05, 0.1) is 23.9 Å². The number of fused-ring (bicyclic) bond motifs is 13. The van der Waals surface area contributed by atoms with E-state index in [1.54, 1.807) is 7.11 Å². The molecule has 0 saturated carbocycles. The van der Waals surface area contributed by atoms with Gasteiger partial charge in [0, 0.05) is 11.8 Å². The molecule has 0 N–H and O–H groups in total. The van der Waals surface area contributed by atoms with Gasteiger partial charge in [0.15, 0.2) is 0 Å². The molecule has 2 heteroatoms. The summed E-state index contributed by atoms with van der Waals surface area (Å²) >= 11 is 0. The number of anilines is 3. The lowest BCUT2D eigenvalue weighted by atomic mass is 9.64. The van der Waals surface area contributed by atoms with E-state index in [2.05, 4.69) is 217 Å². The molecule has 0 aromatic heterocycles. The van der Waals surface area contributed by atoms with Gasteiger partial charge in [0.2, 0.25) is 0 Å². The van der Waals surface area contributed by atoms with E-state index in [0.29, 0.717) is 0 Å². The highest BCUT2D eigenvalue weighted by atomic mass is 16.5. The lowest BCUT2D eigenvalue weighted by Gasteiger charge is -2.45. The lowest BCUT2D eigenvalue weighted by molar-refractivity contribution is 0.415. The molecule has 2 aliphatic rings. The van der Waals surface area contributed by atoms with Crippen LogP contribution in [-0.2, 0) is 5.41 Å². The van der Waals surface area contributed by atoms with Crippen molar-refractivity contribution in [2.75, 3.05) is 12.0 Å². The van der Waals surface area contributed by atoms with E-state index >= 15 is 0 Å². The summed E-state index contributed by atoms with van der Waals surface area (Å²) in [6.07, 6.45) is 0. The SMILES string of the molecule is COc1cccc(N2c3ccccc3C3(c4cc(-c5c6ccccc6cc6ccccc56)ccc4-c4ccc(-c5c6ccccc6cc6ccccc56)cc43)c3ccccc32)c1. The van der Waals surface area contributed by atoms with Crippen molar-refractivity contribution >= 4 is 60.2 Å². The first-order valence-electron chi connectivity index (χ1n) is 21.4. The van der Waals surface area contributed by atoms with Crippen LogP contribution in [0.15, 0.2) is 218 Å². The second-order valence-corrected chi connectivity index (χ2v) is 16.7. The highest BCUT2D eigenvalue weighted by molar-refractivity contribution is 6.15. The van der Waals surface area contributed by atoms with E-state index < -0.39 is 5.41 Å². The monoisotopic (exact) mass is 789 g/mol. The zero-order chi connectivity index (χ0) is 40.9. The summed E-state index contributed by atoms with van der Waals surface area (Å²) < 4.78 is 5.81. The summed E-state index contributed by atoms with van der Waals surface area (Å²) in [5.41, 5.74) is 15.3. The molecule has 290 valence electrons. The number of nitrogens with zero attached hydrogens (tertiary/aromatic N) is 1. The Kier molecular flexibility index (Phi) is 7.47. The third-order valence-electron chi connectivity index (χ3n) is 13.7. The molecule has 2 nitrogen and oxygen atoms in total. The van der Waals surface area contributed by atoms with Crippen LogP contribution in [-0.4, -0.2) is 7.11 Å². The fourth-order valence-corrected chi connectivity index (χ4v) is 11.1. The van der Waals surface area contributed by atoms with Gasteiger partial charge in [-0.25, -0.2) is 0 Å². The van der Waals surface area contributed by atoms with E-state index in [-0.39, 0.29) is 0 Å². The van der Waals surface area contributed by atoms with Crippen LogP contribution in [0.25, 0.3) is 76.5 Å². The van der Waals surface area contributed by atoms with E-state index in [9.17, 15) is 0 Å². The molecule has 0 bridgehead atoms. The van der Waals surface area contributed by atoms with Gasteiger partial charge < -0.3 is 9.64 Å². The number of rotatable bonds is 4. The van der Waals surface area contributed by atoms with Gasteiger partial charge in [-0.3, -0.25) is 0 Å². The van der Waals surface area contributed by atoms with Crippen molar-refractivity contribution in [2.24, 2.45) is 0 Å². The average Bonchev–Trinajstić information content (AvgIpc) is 3.61. The standard InChI is InChI=1S/C60H39NO/c1-62-45-20-14-19-44(37-45)61-56-27-12-10-25-52(56)60(53-26-11-13-28-57(53)61)54-35-42(58-46-21-6-2-15-38(46)33-39-16-3-7-22-47(39)58)29-31-50(54)51-32-30-43(36-55(51)60)59-48-23-8-4-17-40(48)34-41-18-5-9-24-49(41)59/h2-37H,1H3. The zero-order valence-corrected chi connectivity index (χ0v) is 34.1. The van der Waals surface area contributed by atoms with Crippen molar-refractivity contribution < 1.29 is 4.74 Å². The summed E-state index contributed by atoms with van der Waals surface area (Å²) in [5, 5.41) is 10.0. The molecule has 0 amide bonds. The van der Waals surface area contributed by atoms with Gasteiger partial charge in [-0.2, -0.15) is 0 Å². The van der Waals surface area contributed by atoms with Crippen molar-refractivity contribution in [1.29, 1.82) is 0 Å². The fraction of sp³-hybridized carbons (Fsp3) is 0.0333. The quantitative estimate of drug-likeness (QED) is 0.165. The first-order chi connectivity index (χ1) is 30.7. The van der Waals surface area contributed by atoms with Crippen LogP contribution in [0.4, 0.5) is 17.1 Å². The largest absolute Gasteiger partial charge is 0.497 e. The topological polar surface area (TPSA) is 12.5 Å². The van der Waals surface area contributed by atoms with Gasteiger partial charge in [0.25, 0.3) is 0 Å². The maximum absolute atomic E-state index is 5.81. The molecule has 1 spiro atoms. The van der Waals surface area contributed by atoms with Crippen LogP contribution in [0, 0.1) is 0 Å². The van der Waals surface area contributed by atoms with E-state index in [0.717, 1.165) is 22.8 Å². The molecule has 11 aromatic carbocycles. The minimum Gasteiger partial charge on any atom is -0.497 e. The average molecular weight is 790 g/mol. The predicted octanol–water partition coefficient (Wildman–Crippen LogP) is 15.8. The molecule has 0 radical (unpaired) electrons. The molecule has 0 atom stereocenters. The summed E-state index contributed by atoms with van der Waals surface area (Å²) in [6.45, 7) is 0. The highest BCUT2D eigenvalue weighted by Gasteiger charge is 2.52. The highest BCUT2D eigenvalue weighted by Crippen LogP contribution is 2.64. The predicted molar refractivity (Wildman–Crippen MR) is 259 cm³/mol. The number of ether oxygens (including phenoxy) is 1. The second-order valence-electron chi connectivity index (χ2n) is 16.7. The molecule has 0 saturated heterocycles. The van der Waals surface area contributed by atoms with E-state index in [4.69, 9.17) is 4.74 Å². The summed E-state index contributed by atoms with van der Waals surface area (Å²) in [6, 6.07) is 81.3. The van der Waals surface area contributed by atoms with E-state index in [1.807, 2.05) is 6.07 Å². The van der Waals surface area contributed by atoms with Gasteiger partial charge in [-0.05, 0) is 147 Å². The van der Waals surface area contributed by atoms with Crippen LogP contribution in [0.3, 0.4) is 0 Å². The van der Waals surface area contributed by atoms with E-state index in [1.165, 1.54) is 98.7 Å². The van der Waals surface area contributed by atoms with Crippen molar-refractivity contribution in [2.45, 2.75) is 5.41 Å². The van der Waals surface area contributed by atoms with Gasteiger partial charge in [-0.15, -0.1) is 0 Å². The van der Waals surface area contributed by atoms with Crippen LogP contribution in [0.2, 0.25) is 0 Å². The van der Waals surface area contributed by atoms with Crippen molar-refractivity contribution in [3.8, 4) is 39.1 Å². The third-order valence-corrected chi connectivity index (χ3v) is 13.7. The Bertz CT molecular complexity index is 3330. The summed E-state index contributed by atoms with van der Waals surface area (Å²) in [5.74, 6) is 0.827. The Morgan fingerprint density at radius 3 is 1.23 bits per heavy atom. The second kappa shape index (κ2) is 13.3. The van der Waals surface area contributed by atoms with Crippen LogP contribution >= 0.6 is 0 Å². The Labute approximate surface area is 360 Å². The molecule has 1 heterocycles. The van der Waals surface area contributed by atoms with Crippen LogP contribution in [0.5, 0.6) is 5.75 Å². The van der Waals surface area contributed by atoms with Crippen LogP contribution in [0.1, 0.15) is 22.3 Å². The summed E-state index contributed by atoms with van der Waals surface area (Å²) in [7, 11) is 1.74. The number of benzene rings is 11. The Morgan fingerprint density at radius 1 is 0.355 bits per heavy atom. The smallest absolute Gasteiger partial charge is 0.120 e. The van der Waals surface area contributed by atoms with Gasteiger partial charge in [0.1, 0.15) is 5.75 Å². The maximum atomic E-state index is 5.81. The molecule has 13 rings (SSSR count). The number of methoxy groups -OCH3 is 1.